The standard InChI is InChI=1S/C13H20N4OS/c1-2-8-17-12(10-6-4-3-5-7-10)15-16-13(17)19-9-11(14)18/h2,10H,1,3-9H2,(H2,14,18). The van der Waals surface area contributed by atoms with Gasteiger partial charge in [-0.25, -0.2) is 0 Å². The van der Waals surface area contributed by atoms with E-state index >= 15 is 0 Å². The highest BCUT2D eigenvalue weighted by molar-refractivity contribution is 7.99. The number of allylic oxidation sites excluding steroid dienone is 1. The van der Waals surface area contributed by atoms with Gasteiger partial charge in [-0.3, -0.25) is 4.79 Å². The minimum atomic E-state index is -0.336. The SMILES string of the molecule is C=CCn1c(SCC(N)=O)nnc1C1CCCCC1. The van der Waals surface area contributed by atoms with E-state index in [2.05, 4.69) is 21.3 Å². The van der Waals surface area contributed by atoms with Gasteiger partial charge < -0.3 is 10.3 Å². The van der Waals surface area contributed by atoms with Crippen molar-refractivity contribution >= 4 is 17.7 Å². The van der Waals surface area contributed by atoms with E-state index in [-0.39, 0.29) is 11.7 Å². The van der Waals surface area contributed by atoms with E-state index in [1.807, 2.05) is 6.08 Å². The second kappa shape index (κ2) is 6.75. The molecule has 1 aliphatic carbocycles. The Hall–Kier alpha value is -1.30. The van der Waals surface area contributed by atoms with Crippen molar-refractivity contribution in [2.45, 2.75) is 49.7 Å². The highest BCUT2D eigenvalue weighted by atomic mass is 32.2. The summed E-state index contributed by atoms with van der Waals surface area (Å²) in [4.78, 5) is 10.9. The second-order valence-corrected chi connectivity index (χ2v) is 5.77. The number of amides is 1. The lowest BCUT2D eigenvalue weighted by atomic mass is 9.89. The first-order valence-corrected chi connectivity index (χ1v) is 7.66. The maximum absolute atomic E-state index is 10.9. The Kier molecular flexibility index (Phi) is 5.01. The molecule has 19 heavy (non-hydrogen) atoms. The normalized spacial score (nSPS) is 16.4. The molecule has 2 N–H and O–H groups in total. The van der Waals surface area contributed by atoms with Gasteiger partial charge in [0.15, 0.2) is 5.16 Å². The van der Waals surface area contributed by atoms with Gasteiger partial charge in [-0.1, -0.05) is 37.1 Å². The Bertz CT molecular complexity index is 451. The van der Waals surface area contributed by atoms with Crippen LogP contribution in [0.25, 0.3) is 0 Å². The lowest BCUT2D eigenvalue weighted by Crippen LogP contribution is -2.15. The van der Waals surface area contributed by atoms with Crippen molar-refractivity contribution in [2.75, 3.05) is 5.75 Å². The molecular formula is C13H20N4OS. The molecule has 0 saturated heterocycles. The van der Waals surface area contributed by atoms with Gasteiger partial charge in [-0.05, 0) is 12.8 Å². The number of rotatable bonds is 6. The molecule has 0 spiro atoms. The van der Waals surface area contributed by atoms with Gasteiger partial charge in [-0.15, -0.1) is 16.8 Å². The molecule has 1 fully saturated rings. The molecular weight excluding hydrogens is 260 g/mol. The highest BCUT2D eigenvalue weighted by Crippen LogP contribution is 2.33. The Morgan fingerprint density at radius 2 is 2.16 bits per heavy atom. The predicted molar refractivity (Wildman–Crippen MR) is 76.0 cm³/mol. The Morgan fingerprint density at radius 1 is 1.42 bits per heavy atom. The number of primary amides is 1. The van der Waals surface area contributed by atoms with E-state index < -0.39 is 0 Å². The highest BCUT2D eigenvalue weighted by Gasteiger charge is 2.23. The summed E-state index contributed by atoms with van der Waals surface area (Å²) in [6.07, 6.45) is 8.02. The minimum Gasteiger partial charge on any atom is -0.369 e. The number of nitrogens with zero attached hydrogens (tertiary/aromatic N) is 3. The van der Waals surface area contributed by atoms with E-state index in [4.69, 9.17) is 5.73 Å². The number of aromatic nitrogens is 3. The average Bonchev–Trinajstić information content (AvgIpc) is 2.81. The van der Waals surface area contributed by atoms with Crippen molar-refractivity contribution < 1.29 is 4.79 Å². The average molecular weight is 280 g/mol. The molecule has 104 valence electrons. The molecule has 1 aromatic heterocycles. The van der Waals surface area contributed by atoms with Crippen LogP contribution in [0.2, 0.25) is 0 Å². The molecule has 0 aliphatic heterocycles. The van der Waals surface area contributed by atoms with Crippen LogP contribution in [0.15, 0.2) is 17.8 Å². The van der Waals surface area contributed by atoms with Gasteiger partial charge >= 0.3 is 0 Å². The lowest BCUT2D eigenvalue weighted by molar-refractivity contribution is -0.115. The summed E-state index contributed by atoms with van der Waals surface area (Å²) in [5.41, 5.74) is 5.18. The monoisotopic (exact) mass is 280 g/mol. The summed E-state index contributed by atoms with van der Waals surface area (Å²) in [5.74, 6) is 1.42. The molecule has 2 rings (SSSR count). The Morgan fingerprint density at radius 3 is 2.79 bits per heavy atom. The fraction of sp³-hybridized carbons (Fsp3) is 0.615. The van der Waals surface area contributed by atoms with Gasteiger partial charge in [0.25, 0.3) is 0 Å². The van der Waals surface area contributed by atoms with Crippen LogP contribution >= 0.6 is 11.8 Å². The van der Waals surface area contributed by atoms with Crippen molar-refractivity contribution in [3.63, 3.8) is 0 Å². The van der Waals surface area contributed by atoms with Crippen LogP contribution in [0.4, 0.5) is 0 Å². The first kappa shape index (κ1) is 14.1. The number of hydrogen-bond acceptors (Lipinski definition) is 4. The molecule has 1 amide bonds. The van der Waals surface area contributed by atoms with Crippen LogP contribution in [0.3, 0.4) is 0 Å². The summed E-state index contributed by atoms with van der Waals surface area (Å²) in [5, 5.41) is 9.29. The van der Waals surface area contributed by atoms with Crippen molar-refractivity contribution in [2.24, 2.45) is 5.73 Å². The molecule has 0 unspecified atom stereocenters. The summed E-state index contributed by atoms with van der Waals surface area (Å²) >= 11 is 1.35. The van der Waals surface area contributed by atoms with Crippen LogP contribution in [-0.2, 0) is 11.3 Å². The molecule has 1 heterocycles. The van der Waals surface area contributed by atoms with Crippen molar-refractivity contribution in [1.29, 1.82) is 0 Å². The van der Waals surface area contributed by atoms with E-state index in [0.29, 0.717) is 12.5 Å². The number of carbonyl (C=O) groups excluding carboxylic acids is 1. The summed E-state index contributed by atoms with van der Waals surface area (Å²) in [6, 6.07) is 0. The first-order valence-electron chi connectivity index (χ1n) is 6.67. The topological polar surface area (TPSA) is 73.8 Å². The maximum Gasteiger partial charge on any atom is 0.227 e. The van der Waals surface area contributed by atoms with Gasteiger partial charge in [-0.2, -0.15) is 0 Å². The van der Waals surface area contributed by atoms with Gasteiger partial charge in [0.2, 0.25) is 5.91 Å². The largest absolute Gasteiger partial charge is 0.369 e. The van der Waals surface area contributed by atoms with Gasteiger partial charge in [0.05, 0.1) is 5.75 Å². The molecule has 0 radical (unpaired) electrons. The fourth-order valence-electron chi connectivity index (χ4n) is 2.51. The molecule has 1 aliphatic rings. The summed E-state index contributed by atoms with van der Waals surface area (Å²) in [7, 11) is 0. The van der Waals surface area contributed by atoms with Gasteiger partial charge in [0.1, 0.15) is 5.82 Å². The maximum atomic E-state index is 10.9. The predicted octanol–water partition coefficient (Wildman–Crippen LogP) is 2.09. The Balaban J connectivity index is 2.17. The van der Waals surface area contributed by atoms with Crippen LogP contribution < -0.4 is 5.73 Å². The second-order valence-electron chi connectivity index (χ2n) is 4.83. The lowest BCUT2D eigenvalue weighted by Gasteiger charge is -2.21. The van der Waals surface area contributed by atoms with E-state index in [0.717, 1.165) is 11.0 Å². The van der Waals surface area contributed by atoms with Crippen LogP contribution in [-0.4, -0.2) is 26.4 Å². The zero-order valence-electron chi connectivity index (χ0n) is 11.0. The molecule has 0 bridgehead atoms. The van der Waals surface area contributed by atoms with Crippen molar-refractivity contribution in [1.82, 2.24) is 14.8 Å². The molecule has 1 aromatic rings. The van der Waals surface area contributed by atoms with Crippen LogP contribution in [0.1, 0.15) is 43.8 Å². The van der Waals surface area contributed by atoms with Crippen molar-refractivity contribution in [3.8, 4) is 0 Å². The molecule has 1 saturated carbocycles. The Labute approximate surface area is 117 Å². The third kappa shape index (κ3) is 3.59. The van der Waals surface area contributed by atoms with Crippen LogP contribution in [0.5, 0.6) is 0 Å². The summed E-state index contributed by atoms with van der Waals surface area (Å²) < 4.78 is 2.07. The smallest absolute Gasteiger partial charge is 0.227 e. The number of carbonyl (C=O) groups is 1. The zero-order valence-corrected chi connectivity index (χ0v) is 11.9. The minimum absolute atomic E-state index is 0.236. The van der Waals surface area contributed by atoms with E-state index in [9.17, 15) is 4.79 Å². The quantitative estimate of drug-likeness (QED) is 0.639. The number of thioether (sulfide) groups is 1. The molecule has 0 atom stereocenters. The zero-order chi connectivity index (χ0) is 13.7. The van der Waals surface area contributed by atoms with Crippen molar-refractivity contribution in [3.05, 3.63) is 18.5 Å². The van der Waals surface area contributed by atoms with Crippen LogP contribution in [0, 0.1) is 0 Å². The summed E-state index contributed by atoms with van der Waals surface area (Å²) in [6.45, 7) is 4.46. The fourth-order valence-corrected chi connectivity index (χ4v) is 3.20. The third-order valence-electron chi connectivity index (χ3n) is 3.37. The third-order valence-corrected chi connectivity index (χ3v) is 4.36. The molecule has 6 heteroatoms. The van der Waals surface area contributed by atoms with E-state index in [1.165, 1.54) is 43.9 Å². The van der Waals surface area contributed by atoms with E-state index in [1.54, 1.807) is 0 Å². The molecule has 0 aromatic carbocycles. The first-order chi connectivity index (χ1) is 9.22. The molecule has 5 nitrogen and oxygen atoms in total. The van der Waals surface area contributed by atoms with Gasteiger partial charge in [0, 0.05) is 12.5 Å². The number of nitrogens with two attached hydrogens (primary N) is 1. The number of hydrogen-bond donors (Lipinski definition) is 1.